The van der Waals surface area contributed by atoms with Gasteiger partial charge in [0.2, 0.25) is 6.79 Å². The molecule has 2 heterocycles. The summed E-state index contributed by atoms with van der Waals surface area (Å²) in [6, 6.07) is 7.80. The summed E-state index contributed by atoms with van der Waals surface area (Å²) in [6.07, 6.45) is 1.34. The quantitative estimate of drug-likeness (QED) is 0.491. The predicted molar refractivity (Wildman–Crippen MR) is 96.4 cm³/mol. The Morgan fingerprint density at radius 3 is 2.56 bits per heavy atom. The van der Waals surface area contributed by atoms with Gasteiger partial charge in [0.25, 0.3) is 11.6 Å². The highest BCUT2D eigenvalue weighted by Crippen LogP contribution is 2.41. The molecule has 2 aromatic carbocycles. The fourth-order valence-electron chi connectivity index (χ4n) is 2.67. The van der Waals surface area contributed by atoms with Gasteiger partial charge in [-0.1, -0.05) is 0 Å². The number of rotatable bonds is 3. The van der Waals surface area contributed by atoms with Crippen LogP contribution in [-0.4, -0.2) is 22.8 Å². The van der Waals surface area contributed by atoms with E-state index in [2.05, 4.69) is 0 Å². The van der Waals surface area contributed by atoms with Crippen LogP contribution in [0, 0.1) is 21.3 Å². The van der Waals surface area contributed by atoms with E-state index >= 15 is 0 Å². The molecule has 0 aliphatic carbocycles. The molecule has 1 saturated heterocycles. The number of anilines is 1. The predicted octanol–water partition coefficient (Wildman–Crippen LogP) is 3.52. The van der Waals surface area contributed by atoms with E-state index in [-0.39, 0.29) is 33.9 Å². The third kappa shape index (κ3) is 2.99. The van der Waals surface area contributed by atoms with E-state index in [9.17, 15) is 19.3 Å². The summed E-state index contributed by atoms with van der Waals surface area (Å²) in [5.74, 6) is -0.386. The van der Waals surface area contributed by atoms with Crippen molar-refractivity contribution in [2.45, 2.75) is 0 Å². The van der Waals surface area contributed by atoms with Crippen molar-refractivity contribution in [3.8, 4) is 11.5 Å². The van der Waals surface area contributed by atoms with Crippen molar-refractivity contribution in [1.29, 1.82) is 5.41 Å². The van der Waals surface area contributed by atoms with Crippen molar-refractivity contribution in [3.63, 3.8) is 0 Å². The Morgan fingerprint density at radius 2 is 1.89 bits per heavy atom. The maximum atomic E-state index is 13.1. The number of amidine groups is 1. The molecule has 8 nitrogen and oxygen atoms in total. The molecule has 1 amide bonds. The van der Waals surface area contributed by atoms with Gasteiger partial charge in [-0.15, -0.1) is 0 Å². The summed E-state index contributed by atoms with van der Waals surface area (Å²) in [7, 11) is 0. The maximum absolute atomic E-state index is 13.1. The molecule has 27 heavy (non-hydrogen) atoms. The number of hydrogen-bond donors (Lipinski definition) is 1. The second-order valence-electron chi connectivity index (χ2n) is 5.55. The molecule has 2 aliphatic heterocycles. The van der Waals surface area contributed by atoms with Crippen LogP contribution in [0.25, 0.3) is 6.08 Å². The third-order valence-electron chi connectivity index (χ3n) is 3.91. The first kappa shape index (κ1) is 17.0. The van der Waals surface area contributed by atoms with E-state index in [1.54, 1.807) is 0 Å². The number of halogens is 1. The van der Waals surface area contributed by atoms with Crippen LogP contribution in [0.4, 0.5) is 15.8 Å². The molecule has 2 aromatic rings. The molecule has 0 bridgehead atoms. The lowest BCUT2D eigenvalue weighted by molar-refractivity contribution is -0.385. The second kappa shape index (κ2) is 6.40. The van der Waals surface area contributed by atoms with Gasteiger partial charge in [-0.05, 0) is 48.2 Å². The number of ether oxygens (including phenoxy) is 2. The number of nitro benzene ring substituents is 1. The van der Waals surface area contributed by atoms with Gasteiger partial charge < -0.3 is 9.47 Å². The van der Waals surface area contributed by atoms with Gasteiger partial charge in [0.1, 0.15) is 5.82 Å². The zero-order valence-corrected chi connectivity index (χ0v) is 14.3. The number of nitrogens with one attached hydrogen (secondary N) is 1. The van der Waals surface area contributed by atoms with E-state index in [0.717, 1.165) is 16.7 Å². The molecular formula is C17H10FN3O5S. The summed E-state index contributed by atoms with van der Waals surface area (Å²) in [6.45, 7) is -0.0385. The summed E-state index contributed by atoms with van der Waals surface area (Å²) in [5.41, 5.74) is 0.253. The zero-order valence-electron chi connectivity index (χ0n) is 13.5. The van der Waals surface area contributed by atoms with Crippen molar-refractivity contribution in [1.82, 2.24) is 0 Å². The second-order valence-corrected chi connectivity index (χ2v) is 6.58. The average molecular weight is 387 g/mol. The molecule has 1 fully saturated rings. The molecule has 4 rings (SSSR count). The van der Waals surface area contributed by atoms with Crippen molar-refractivity contribution in [3.05, 3.63) is 62.8 Å². The number of thioether (sulfide) groups is 1. The molecule has 0 atom stereocenters. The average Bonchev–Trinajstić information content (AvgIpc) is 3.19. The maximum Gasteiger partial charge on any atom is 0.280 e. The molecule has 0 spiro atoms. The Morgan fingerprint density at radius 1 is 1.22 bits per heavy atom. The molecule has 136 valence electrons. The molecule has 10 heteroatoms. The van der Waals surface area contributed by atoms with Crippen LogP contribution in [-0.2, 0) is 4.79 Å². The van der Waals surface area contributed by atoms with Crippen LogP contribution in [0.1, 0.15) is 5.56 Å². The van der Waals surface area contributed by atoms with E-state index in [0.29, 0.717) is 11.4 Å². The smallest absolute Gasteiger partial charge is 0.280 e. The highest BCUT2D eigenvalue weighted by molar-refractivity contribution is 8.19. The zero-order chi connectivity index (χ0) is 19.1. The fourth-order valence-corrected chi connectivity index (χ4v) is 3.53. The SMILES string of the molecule is N=C1S/C(=C/c2cc3c(cc2[N+](=O)[O-])OCO3)C(=O)N1c1ccc(F)cc1. The molecule has 2 aliphatic rings. The number of benzene rings is 2. The molecule has 1 N–H and O–H groups in total. The Kier molecular flexibility index (Phi) is 4.04. The number of nitro groups is 1. The van der Waals surface area contributed by atoms with Gasteiger partial charge >= 0.3 is 0 Å². The minimum atomic E-state index is -0.582. The lowest BCUT2D eigenvalue weighted by Gasteiger charge is -2.13. The normalized spacial score (nSPS) is 17.1. The van der Waals surface area contributed by atoms with Crippen LogP contribution in [0.2, 0.25) is 0 Å². The van der Waals surface area contributed by atoms with Gasteiger partial charge in [-0.2, -0.15) is 0 Å². The Bertz CT molecular complexity index is 1020. The molecule has 0 radical (unpaired) electrons. The van der Waals surface area contributed by atoms with Crippen LogP contribution >= 0.6 is 11.8 Å². The summed E-state index contributed by atoms with van der Waals surface area (Å²) in [4.78, 5) is 24.7. The molecule has 0 saturated carbocycles. The van der Waals surface area contributed by atoms with Gasteiger partial charge in [0, 0.05) is 0 Å². The van der Waals surface area contributed by atoms with Crippen molar-refractivity contribution < 1.29 is 23.6 Å². The van der Waals surface area contributed by atoms with Crippen LogP contribution in [0.5, 0.6) is 11.5 Å². The largest absolute Gasteiger partial charge is 0.454 e. The number of amides is 1. The Balaban J connectivity index is 1.73. The van der Waals surface area contributed by atoms with Crippen LogP contribution in [0.3, 0.4) is 0 Å². The number of fused-ring (bicyclic) bond motifs is 1. The van der Waals surface area contributed by atoms with Crippen LogP contribution < -0.4 is 14.4 Å². The summed E-state index contributed by atoms with van der Waals surface area (Å²) in [5, 5.41) is 19.3. The highest BCUT2D eigenvalue weighted by Gasteiger charge is 2.34. The number of carbonyl (C=O) groups is 1. The van der Waals surface area contributed by atoms with Crippen molar-refractivity contribution >= 4 is 40.3 Å². The topological polar surface area (TPSA) is 106 Å². The summed E-state index contributed by atoms with van der Waals surface area (Å²) >= 11 is 0.862. The van der Waals surface area contributed by atoms with Crippen LogP contribution in [0.15, 0.2) is 41.3 Å². The van der Waals surface area contributed by atoms with E-state index in [1.165, 1.54) is 42.5 Å². The highest BCUT2D eigenvalue weighted by atomic mass is 32.2. The van der Waals surface area contributed by atoms with E-state index in [4.69, 9.17) is 14.9 Å². The number of carbonyl (C=O) groups excluding carboxylic acids is 1. The first-order valence-electron chi connectivity index (χ1n) is 7.60. The van der Waals surface area contributed by atoms with Gasteiger partial charge in [0.05, 0.1) is 27.1 Å². The minimum Gasteiger partial charge on any atom is -0.454 e. The fraction of sp³-hybridized carbons (Fsp3) is 0.0588. The Labute approximate surface area is 155 Å². The molecule has 0 unspecified atom stereocenters. The van der Waals surface area contributed by atoms with Gasteiger partial charge in [0.15, 0.2) is 16.7 Å². The number of hydrogen-bond acceptors (Lipinski definition) is 7. The first-order chi connectivity index (χ1) is 12.9. The Hall–Kier alpha value is -3.40. The minimum absolute atomic E-state index is 0.0385. The molecule has 0 aromatic heterocycles. The first-order valence-corrected chi connectivity index (χ1v) is 8.42. The van der Waals surface area contributed by atoms with Gasteiger partial charge in [-0.25, -0.2) is 4.39 Å². The number of nitrogens with zero attached hydrogens (tertiary/aromatic N) is 2. The molecular weight excluding hydrogens is 377 g/mol. The monoisotopic (exact) mass is 387 g/mol. The van der Waals surface area contributed by atoms with E-state index in [1.807, 2.05) is 0 Å². The third-order valence-corrected chi connectivity index (χ3v) is 4.80. The van der Waals surface area contributed by atoms with E-state index < -0.39 is 16.6 Å². The lowest BCUT2D eigenvalue weighted by Crippen LogP contribution is -2.28. The van der Waals surface area contributed by atoms with Crippen molar-refractivity contribution in [2.24, 2.45) is 0 Å². The van der Waals surface area contributed by atoms with Crippen molar-refractivity contribution in [2.75, 3.05) is 11.7 Å². The lowest BCUT2D eigenvalue weighted by atomic mass is 10.1. The summed E-state index contributed by atoms with van der Waals surface area (Å²) < 4.78 is 23.5. The van der Waals surface area contributed by atoms with Gasteiger partial charge in [-0.3, -0.25) is 25.2 Å². The standard InChI is InChI=1S/C17H10FN3O5S/c18-10-1-3-11(4-2-10)20-16(22)15(27-17(20)19)6-9-5-13-14(26-8-25-13)7-12(9)21(23)24/h1-7,19H,8H2/b15-6+,19-17?.